The number of rotatable bonds is 2. The minimum Gasteiger partial charge on any atom is -0.495 e. The molecule has 0 aliphatic carbocycles. The van der Waals surface area contributed by atoms with Gasteiger partial charge in [0.15, 0.2) is 0 Å². The van der Waals surface area contributed by atoms with Gasteiger partial charge in [-0.25, -0.2) is 13.8 Å². The molecule has 0 saturated heterocycles. The lowest BCUT2D eigenvalue weighted by Crippen LogP contribution is -1.93. The maximum absolute atomic E-state index is 12.3. The summed E-state index contributed by atoms with van der Waals surface area (Å²) in [7, 11) is 1.33. The highest BCUT2D eigenvalue weighted by Gasteiger charge is 2.14. The van der Waals surface area contributed by atoms with Crippen molar-refractivity contribution >= 4 is 15.9 Å². The molecule has 12 heavy (non-hydrogen) atoms. The van der Waals surface area contributed by atoms with Crippen LogP contribution >= 0.6 is 15.9 Å². The highest BCUT2D eigenvalue weighted by molar-refractivity contribution is 9.10. The lowest BCUT2D eigenvalue weighted by molar-refractivity contribution is 0.147. The second-order valence-electron chi connectivity index (χ2n) is 2.05. The monoisotopic (exact) mass is 237 g/mol. The molecular weight excluding hydrogens is 232 g/mol. The third-order valence-electron chi connectivity index (χ3n) is 1.32. The Labute approximate surface area is 76.7 Å². The van der Waals surface area contributed by atoms with E-state index in [2.05, 4.69) is 20.9 Å². The SMILES string of the molecule is COc1cnc(Br)cc1C(F)F. The van der Waals surface area contributed by atoms with Crippen LogP contribution in [0.5, 0.6) is 5.75 Å². The van der Waals surface area contributed by atoms with E-state index in [1.807, 2.05) is 0 Å². The molecule has 1 aromatic rings. The van der Waals surface area contributed by atoms with Crippen molar-refractivity contribution < 1.29 is 13.5 Å². The summed E-state index contributed by atoms with van der Waals surface area (Å²) in [4.78, 5) is 3.75. The summed E-state index contributed by atoms with van der Waals surface area (Å²) < 4.78 is 29.6. The summed E-state index contributed by atoms with van der Waals surface area (Å²) in [5, 5.41) is 0. The minimum absolute atomic E-state index is 0.105. The molecule has 2 nitrogen and oxygen atoms in total. The lowest BCUT2D eigenvalue weighted by Gasteiger charge is -2.06. The molecule has 0 amide bonds. The molecule has 0 N–H and O–H groups in total. The lowest BCUT2D eigenvalue weighted by atomic mass is 10.2. The van der Waals surface area contributed by atoms with Gasteiger partial charge < -0.3 is 4.74 Å². The van der Waals surface area contributed by atoms with Crippen LogP contribution in [0.3, 0.4) is 0 Å². The van der Waals surface area contributed by atoms with Crippen molar-refractivity contribution in [3.63, 3.8) is 0 Å². The fourth-order valence-electron chi connectivity index (χ4n) is 0.773. The molecule has 1 heterocycles. The van der Waals surface area contributed by atoms with E-state index in [0.29, 0.717) is 4.60 Å². The number of halogens is 3. The van der Waals surface area contributed by atoms with Gasteiger partial charge in [0.1, 0.15) is 10.4 Å². The van der Waals surface area contributed by atoms with Gasteiger partial charge in [-0.2, -0.15) is 0 Å². The van der Waals surface area contributed by atoms with Crippen LogP contribution in [-0.2, 0) is 0 Å². The Morgan fingerprint density at radius 1 is 1.58 bits per heavy atom. The summed E-state index contributed by atoms with van der Waals surface area (Å²) in [6.07, 6.45) is -1.29. The van der Waals surface area contributed by atoms with Crippen molar-refractivity contribution in [3.05, 3.63) is 22.4 Å². The van der Waals surface area contributed by atoms with Gasteiger partial charge in [0.05, 0.1) is 18.9 Å². The van der Waals surface area contributed by atoms with Crippen LogP contribution in [0.4, 0.5) is 8.78 Å². The Kier molecular flexibility index (Phi) is 2.97. The highest BCUT2D eigenvalue weighted by Crippen LogP contribution is 2.29. The zero-order valence-corrected chi connectivity index (χ0v) is 7.81. The second-order valence-corrected chi connectivity index (χ2v) is 2.86. The third kappa shape index (κ3) is 1.91. The molecule has 0 aliphatic rings. The number of alkyl halides is 2. The fourth-order valence-corrected chi connectivity index (χ4v) is 1.12. The molecule has 0 unspecified atom stereocenters. The maximum Gasteiger partial charge on any atom is 0.267 e. The quantitative estimate of drug-likeness (QED) is 0.739. The Bertz CT molecular complexity index is 280. The third-order valence-corrected chi connectivity index (χ3v) is 1.75. The first-order valence-electron chi connectivity index (χ1n) is 3.12. The van der Waals surface area contributed by atoms with E-state index in [0.717, 1.165) is 0 Å². The van der Waals surface area contributed by atoms with Crippen molar-refractivity contribution in [2.45, 2.75) is 6.43 Å². The highest BCUT2D eigenvalue weighted by atomic mass is 79.9. The Morgan fingerprint density at radius 2 is 2.25 bits per heavy atom. The first-order valence-corrected chi connectivity index (χ1v) is 3.92. The molecule has 0 atom stereocenters. The van der Waals surface area contributed by atoms with Crippen molar-refractivity contribution in [1.29, 1.82) is 0 Å². The first kappa shape index (κ1) is 9.38. The molecule has 0 spiro atoms. The summed E-state index contributed by atoms with van der Waals surface area (Å²) in [5.74, 6) is 0.105. The molecule has 0 radical (unpaired) electrons. The summed E-state index contributed by atoms with van der Waals surface area (Å²) >= 11 is 2.99. The van der Waals surface area contributed by atoms with Crippen molar-refractivity contribution in [2.75, 3.05) is 7.11 Å². The average Bonchev–Trinajstić information content (AvgIpc) is 2.04. The van der Waals surface area contributed by atoms with E-state index in [1.54, 1.807) is 0 Å². The fraction of sp³-hybridized carbons (Fsp3) is 0.286. The number of aromatic nitrogens is 1. The smallest absolute Gasteiger partial charge is 0.267 e. The van der Waals surface area contributed by atoms with E-state index in [1.165, 1.54) is 19.4 Å². The molecule has 1 aromatic heterocycles. The maximum atomic E-state index is 12.3. The number of methoxy groups -OCH3 is 1. The van der Waals surface area contributed by atoms with Gasteiger partial charge in [0.25, 0.3) is 6.43 Å². The number of hydrogen-bond donors (Lipinski definition) is 0. The van der Waals surface area contributed by atoms with Gasteiger partial charge >= 0.3 is 0 Å². The number of ether oxygens (including phenoxy) is 1. The first-order chi connectivity index (χ1) is 5.65. The largest absolute Gasteiger partial charge is 0.495 e. The van der Waals surface area contributed by atoms with Crippen LogP contribution in [0.15, 0.2) is 16.9 Å². The summed E-state index contributed by atoms with van der Waals surface area (Å²) in [6, 6.07) is 1.24. The Morgan fingerprint density at radius 3 is 2.75 bits per heavy atom. The molecular formula is C7H6BrF2NO. The van der Waals surface area contributed by atoms with E-state index in [4.69, 9.17) is 4.74 Å². The van der Waals surface area contributed by atoms with Gasteiger partial charge in [-0.1, -0.05) is 0 Å². The zero-order chi connectivity index (χ0) is 9.14. The molecule has 0 aromatic carbocycles. The van der Waals surface area contributed by atoms with E-state index < -0.39 is 6.43 Å². The standard InChI is InChI=1S/C7H6BrF2NO/c1-12-5-3-11-6(8)2-4(5)7(9)10/h2-3,7H,1H3. The van der Waals surface area contributed by atoms with Crippen molar-refractivity contribution in [3.8, 4) is 5.75 Å². The van der Waals surface area contributed by atoms with Crippen molar-refractivity contribution in [2.24, 2.45) is 0 Å². The predicted molar refractivity (Wildman–Crippen MR) is 43.4 cm³/mol. The normalized spacial score (nSPS) is 10.4. The molecule has 66 valence electrons. The van der Waals surface area contributed by atoms with E-state index in [9.17, 15) is 8.78 Å². The molecule has 0 aliphatic heterocycles. The van der Waals surface area contributed by atoms with E-state index in [-0.39, 0.29) is 11.3 Å². The average molecular weight is 238 g/mol. The molecule has 5 heteroatoms. The Hall–Kier alpha value is -0.710. The topological polar surface area (TPSA) is 22.1 Å². The van der Waals surface area contributed by atoms with Crippen LogP contribution < -0.4 is 4.74 Å². The molecule has 0 fully saturated rings. The van der Waals surface area contributed by atoms with Crippen LogP contribution in [0.25, 0.3) is 0 Å². The van der Waals surface area contributed by atoms with Crippen LogP contribution in [0.2, 0.25) is 0 Å². The number of pyridine rings is 1. The van der Waals surface area contributed by atoms with Gasteiger partial charge in [-0.05, 0) is 22.0 Å². The molecule has 1 rings (SSSR count). The van der Waals surface area contributed by atoms with E-state index >= 15 is 0 Å². The van der Waals surface area contributed by atoms with Gasteiger partial charge in [-0.15, -0.1) is 0 Å². The van der Waals surface area contributed by atoms with Crippen LogP contribution in [0.1, 0.15) is 12.0 Å². The van der Waals surface area contributed by atoms with Crippen LogP contribution in [0, 0.1) is 0 Å². The molecule has 0 saturated carbocycles. The minimum atomic E-state index is -2.54. The zero-order valence-electron chi connectivity index (χ0n) is 6.22. The predicted octanol–water partition coefficient (Wildman–Crippen LogP) is 2.79. The number of nitrogens with zero attached hydrogens (tertiary/aromatic N) is 1. The van der Waals surface area contributed by atoms with Gasteiger partial charge in [0.2, 0.25) is 0 Å². The van der Waals surface area contributed by atoms with Crippen LogP contribution in [-0.4, -0.2) is 12.1 Å². The summed E-state index contributed by atoms with van der Waals surface area (Å²) in [5.41, 5.74) is -0.153. The number of hydrogen-bond acceptors (Lipinski definition) is 2. The molecule has 0 bridgehead atoms. The second kappa shape index (κ2) is 3.80. The van der Waals surface area contributed by atoms with Crippen molar-refractivity contribution in [1.82, 2.24) is 4.98 Å². The Balaban J connectivity index is 3.12. The van der Waals surface area contributed by atoms with Gasteiger partial charge in [-0.3, -0.25) is 0 Å². The summed E-state index contributed by atoms with van der Waals surface area (Å²) in [6.45, 7) is 0. The van der Waals surface area contributed by atoms with Gasteiger partial charge in [0, 0.05) is 0 Å².